The van der Waals surface area contributed by atoms with Crippen LogP contribution in [0.4, 0.5) is 5.69 Å². The highest BCUT2D eigenvalue weighted by Crippen LogP contribution is 2.23. The van der Waals surface area contributed by atoms with Gasteiger partial charge in [-0.05, 0) is 25.1 Å². The second kappa shape index (κ2) is 7.06. The van der Waals surface area contributed by atoms with Crippen molar-refractivity contribution in [2.45, 2.75) is 18.7 Å². The topological polar surface area (TPSA) is 116 Å². The zero-order chi connectivity index (χ0) is 16.0. The number of carbonyl (C=O) groups is 1. The van der Waals surface area contributed by atoms with Crippen molar-refractivity contribution in [3.8, 4) is 6.07 Å². The van der Waals surface area contributed by atoms with E-state index in [-0.39, 0.29) is 35.1 Å². The lowest BCUT2D eigenvalue weighted by Gasteiger charge is -2.20. The number of amides is 1. The smallest absolute Gasteiger partial charge is 0.245 e. The summed E-state index contributed by atoms with van der Waals surface area (Å²) in [7, 11) is -3.88. The molecule has 7 nitrogen and oxygen atoms in total. The molecule has 0 aliphatic carbocycles. The molecule has 1 amide bonds. The summed E-state index contributed by atoms with van der Waals surface area (Å²) < 4.78 is 26.1. The number of likely N-dealkylation sites (N-methyl/N-ethyl adjacent to an activating group) is 2. The fraction of sp³-hybridized carbons (Fsp3) is 0.385. The maximum absolute atomic E-state index is 12.5. The third kappa shape index (κ3) is 3.93. The van der Waals surface area contributed by atoms with Crippen LogP contribution >= 0.6 is 0 Å². The zero-order valence-electron chi connectivity index (χ0n) is 12.0. The van der Waals surface area contributed by atoms with Crippen molar-refractivity contribution in [1.29, 1.82) is 5.26 Å². The first kappa shape index (κ1) is 16.9. The molecule has 0 aromatic heterocycles. The van der Waals surface area contributed by atoms with Crippen molar-refractivity contribution in [2.75, 3.05) is 25.4 Å². The Balaban J connectivity index is 3.13. The molecular weight excluding hydrogens is 292 g/mol. The number of nitrogen functional groups attached to an aromatic ring is 1. The van der Waals surface area contributed by atoms with Crippen LogP contribution in [0.5, 0.6) is 0 Å². The van der Waals surface area contributed by atoms with Crippen LogP contribution in [0.15, 0.2) is 23.1 Å². The summed E-state index contributed by atoms with van der Waals surface area (Å²) in [5.41, 5.74) is 5.97. The Morgan fingerprint density at radius 3 is 2.57 bits per heavy atom. The molecule has 21 heavy (non-hydrogen) atoms. The first-order valence-corrected chi connectivity index (χ1v) is 7.87. The van der Waals surface area contributed by atoms with Crippen molar-refractivity contribution >= 4 is 21.6 Å². The summed E-state index contributed by atoms with van der Waals surface area (Å²) in [6, 6.07) is 5.84. The minimum atomic E-state index is -3.88. The largest absolute Gasteiger partial charge is 0.398 e. The van der Waals surface area contributed by atoms with Crippen molar-refractivity contribution in [2.24, 2.45) is 0 Å². The Bertz CT molecular complexity index is 664. The number of benzene rings is 1. The maximum atomic E-state index is 12.5. The van der Waals surface area contributed by atoms with Crippen LogP contribution in [0.2, 0.25) is 0 Å². The van der Waals surface area contributed by atoms with Crippen molar-refractivity contribution < 1.29 is 13.2 Å². The molecule has 0 unspecified atom stereocenters. The molecule has 0 bridgehead atoms. The van der Waals surface area contributed by atoms with Gasteiger partial charge in [0.05, 0.1) is 23.9 Å². The molecule has 0 saturated heterocycles. The summed E-state index contributed by atoms with van der Waals surface area (Å²) in [6.45, 7) is 3.68. The average molecular weight is 310 g/mol. The van der Waals surface area contributed by atoms with E-state index in [1.807, 2.05) is 6.07 Å². The predicted molar refractivity (Wildman–Crippen MR) is 78.7 cm³/mol. The Labute approximate surface area is 124 Å². The number of nitrogens with two attached hydrogens (primary N) is 1. The Morgan fingerprint density at radius 2 is 2.10 bits per heavy atom. The molecule has 1 aromatic rings. The van der Waals surface area contributed by atoms with Gasteiger partial charge in [-0.1, -0.05) is 6.92 Å². The van der Waals surface area contributed by atoms with E-state index in [2.05, 4.69) is 5.32 Å². The zero-order valence-corrected chi connectivity index (χ0v) is 12.8. The van der Waals surface area contributed by atoms with Gasteiger partial charge in [0.25, 0.3) is 0 Å². The second-order valence-corrected chi connectivity index (χ2v) is 6.16. The molecule has 0 radical (unpaired) electrons. The van der Waals surface area contributed by atoms with Gasteiger partial charge in [-0.25, -0.2) is 8.42 Å². The Morgan fingerprint density at radius 1 is 1.43 bits per heavy atom. The van der Waals surface area contributed by atoms with E-state index < -0.39 is 10.0 Å². The van der Waals surface area contributed by atoms with Gasteiger partial charge in [-0.3, -0.25) is 4.79 Å². The standard InChI is InChI=1S/C13H18N4O3S/c1-3-16-13(18)9-17(4-2)21(19,20)12-6-5-10(8-14)7-11(12)15/h5-7H,3-4,9,15H2,1-2H3,(H,16,18). The molecule has 0 atom stereocenters. The lowest BCUT2D eigenvalue weighted by Crippen LogP contribution is -2.40. The van der Waals surface area contributed by atoms with Crippen molar-refractivity contribution in [3.05, 3.63) is 23.8 Å². The van der Waals surface area contributed by atoms with Crippen LogP contribution in [-0.2, 0) is 14.8 Å². The van der Waals surface area contributed by atoms with Crippen LogP contribution in [0, 0.1) is 11.3 Å². The van der Waals surface area contributed by atoms with E-state index in [1.165, 1.54) is 18.2 Å². The highest BCUT2D eigenvalue weighted by atomic mass is 32.2. The normalized spacial score (nSPS) is 11.1. The summed E-state index contributed by atoms with van der Waals surface area (Å²) in [6.07, 6.45) is 0. The minimum Gasteiger partial charge on any atom is -0.398 e. The molecule has 0 heterocycles. The second-order valence-electron chi connectivity index (χ2n) is 4.25. The van der Waals surface area contributed by atoms with Gasteiger partial charge < -0.3 is 11.1 Å². The third-order valence-corrected chi connectivity index (χ3v) is 4.80. The van der Waals surface area contributed by atoms with E-state index in [9.17, 15) is 13.2 Å². The van der Waals surface area contributed by atoms with Gasteiger partial charge in [0, 0.05) is 13.1 Å². The number of nitriles is 1. The van der Waals surface area contributed by atoms with Crippen LogP contribution in [0.1, 0.15) is 19.4 Å². The number of hydrogen-bond acceptors (Lipinski definition) is 5. The van der Waals surface area contributed by atoms with Crippen LogP contribution in [0.3, 0.4) is 0 Å². The molecule has 3 N–H and O–H groups in total. The van der Waals surface area contributed by atoms with E-state index in [1.54, 1.807) is 13.8 Å². The van der Waals surface area contributed by atoms with Gasteiger partial charge in [-0.2, -0.15) is 9.57 Å². The summed E-state index contributed by atoms with van der Waals surface area (Å²) in [5.74, 6) is -0.379. The average Bonchev–Trinajstić information content (AvgIpc) is 2.44. The number of anilines is 1. The summed E-state index contributed by atoms with van der Waals surface area (Å²) >= 11 is 0. The van der Waals surface area contributed by atoms with Crippen LogP contribution in [0.25, 0.3) is 0 Å². The third-order valence-electron chi connectivity index (χ3n) is 2.80. The van der Waals surface area contributed by atoms with Crippen LogP contribution in [-0.4, -0.2) is 38.3 Å². The van der Waals surface area contributed by atoms with Crippen LogP contribution < -0.4 is 11.1 Å². The first-order chi connectivity index (χ1) is 9.86. The number of nitrogens with one attached hydrogen (secondary N) is 1. The molecule has 0 aliphatic rings. The Hall–Kier alpha value is -2.11. The molecule has 8 heteroatoms. The number of sulfonamides is 1. The summed E-state index contributed by atoms with van der Waals surface area (Å²) in [5, 5.41) is 11.3. The first-order valence-electron chi connectivity index (χ1n) is 6.43. The Kier molecular flexibility index (Phi) is 5.69. The van der Waals surface area contributed by atoms with Gasteiger partial charge in [0.2, 0.25) is 15.9 Å². The van der Waals surface area contributed by atoms with Crippen molar-refractivity contribution in [3.63, 3.8) is 0 Å². The van der Waals surface area contributed by atoms with E-state index in [4.69, 9.17) is 11.0 Å². The maximum Gasteiger partial charge on any atom is 0.245 e. The lowest BCUT2D eigenvalue weighted by molar-refractivity contribution is -0.121. The molecule has 114 valence electrons. The van der Waals surface area contributed by atoms with Gasteiger partial charge in [0.1, 0.15) is 4.90 Å². The number of nitrogens with zero attached hydrogens (tertiary/aromatic N) is 2. The van der Waals surface area contributed by atoms with Crippen molar-refractivity contribution in [1.82, 2.24) is 9.62 Å². The van der Waals surface area contributed by atoms with Gasteiger partial charge in [0.15, 0.2) is 0 Å². The lowest BCUT2D eigenvalue weighted by atomic mass is 10.2. The number of hydrogen-bond donors (Lipinski definition) is 2. The molecular formula is C13H18N4O3S. The fourth-order valence-corrected chi connectivity index (χ4v) is 3.27. The fourth-order valence-electron chi connectivity index (χ4n) is 1.77. The minimum absolute atomic E-state index is 0.0107. The molecule has 0 spiro atoms. The molecule has 1 aromatic carbocycles. The SMILES string of the molecule is CCNC(=O)CN(CC)S(=O)(=O)c1ccc(C#N)cc1N. The number of carbonyl (C=O) groups excluding carboxylic acids is 1. The van der Waals surface area contributed by atoms with E-state index in [0.29, 0.717) is 6.54 Å². The molecule has 1 rings (SSSR count). The number of rotatable bonds is 6. The highest BCUT2D eigenvalue weighted by Gasteiger charge is 2.27. The van der Waals surface area contributed by atoms with Gasteiger partial charge >= 0.3 is 0 Å². The monoisotopic (exact) mass is 310 g/mol. The molecule has 0 aliphatic heterocycles. The quantitative estimate of drug-likeness (QED) is 0.732. The van der Waals surface area contributed by atoms with Gasteiger partial charge in [-0.15, -0.1) is 0 Å². The van der Waals surface area contributed by atoms with E-state index in [0.717, 1.165) is 4.31 Å². The van der Waals surface area contributed by atoms with E-state index >= 15 is 0 Å². The molecule has 0 saturated carbocycles. The molecule has 0 fully saturated rings. The summed E-state index contributed by atoms with van der Waals surface area (Å²) in [4.78, 5) is 11.5. The highest BCUT2D eigenvalue weighted by molar-refractivity contribution is 7.89. The predicted octanol–water partition coefficient (Wildman–Crippen LogP) is 0.287.